The van der Waals surface area contributed by atoms with Crippen molar-refractivity contribution >= 4 is 5.91 Å². The topological polar surface area (TPSA) is 50.6 Å². The molecule has 112 valence electrons. The van der Waals surface area contributed by atoms with E-state index < -0.39 is 0 Å². The van der Waals surface area contributed by atoms with E-state index in [-0.39, 0.29) is 17.9 Å². The molecule has 20 heavy (non-hydrogen) atoms. The quantitative estimate of drug-likeness (QED) is 0.807. The minimum absolute atomic E-state index is 0.0922. The molecule has 1 fully saturated rings. The van der Waals surface area contributed by atoms with Crippen molar-refractivity contribution in [2.75, 3.05) is 40.4 Å². The van der Waals surface area contributed by atoms with Crippen LogP contribution in [0.1, 0.15) is 18.8 Å². The summed E-state index contributed by atoms with van der Waals surface area (Å²) < 4.78 is 7.10. The van der Waals surface area contributed by atoms with Gasteiger partial charge >= 0.3 is 0 Å². The molecule has 1 saturated heterocycles. The number of piperazine rings is 1. The fourth-order valence-corrected chi connectivity index (χ4v) is 2.68. The Labute approximate surface area is 120 Å². The lowest BCUT2D eigenvalue weighted by Gasteiger charge is -2.39. The van der Waals surface area contributed by atoms with Gasteiger partial charge in [0.1, 0.15) is 5.82 Å². The number of likely N-dealkylation sites (N-methyl/N-ethyl adjacent to an activating group) is 1. The van der Waals surface area contributed by atoms with E-state index in [4.69, 9.17) is 4.74 Å². The molecule has 1 amide bonds. The van der Waals surface area contributed by atoms with Crippen LogP contribution in [0.25, 0.3) is 0 Å². The standard InChI is InChI=1S/C14H24N4O2/c1-11(10-20-4)14(19)18-8-7-16(2)12(9-18)13-15-5-6-17(13)3/h5-6,11-12H,7-10H2,1-4H3/t11-,12+/m0/s1. The maximum atomic E-state index is 12.4. The van der Waals surface area contributed by atoms with Gasteiger partial charge in [0.25, 0.3) is 0 Å². The van der Waals surface area contributed by atoms with Gasteiger partial charge in [-0.05, 0) is 7.05 Å². The monoisotopic (exact) mass is 280 g/mol. The van der Waals surface area contributed by atoms with Crippen molar-refractivity contribution in [2.24, 2.45) is 13.0 Å². The molecule has 2 rings (SSSR count). The molecule has 2 atom stereocenters. The van der Waals surface area contributed by atoms with E-state index in [1.807, 2.05) is 29.6 Å². The number of nitrogens with zero attached hydrogens (tertiary/aromatic N) is 4. The Hall–Kier alpha value is -1.40. The van der Waals surface area contributed by atoms with Gasteiger partial charge in [-0.2, -0.15) is 0 Å². The number of carbonyl (C=O) groups is 1. The van der Waals surface area contributed by atoms with Crippen LogP contribution in [0.3, 0.4) is 0 Å². The molecule has 6 nitrogen and oxygen atoms in total. The fraction of sp³-hybridized carbons (Fsp3) is 0.714. The van der Waals surface area contributed by atoms with Crippen LogP contribution < -0.4 is 0 Å². The van der Waals surface area contributed by atoms with Crippen LogP contribution in [0.2, 0.25) is 0 Å². The van der Waals surface area contributed by atoms with Crippen LogP contribution in [-0.4, -0.2) is 65.7 Å². The zero-order valence-corrected chi connectivity index (χ0v) is 12.7. The number of ether oxygens (including phenoxy) is 1. The number of hydrogen-bond acceptors (Lipinski definition) is 4. The lowest BCUT2D eigenvalue weighted by atomic mass is 10.1. The molecule has 0 unspecified atom stereocenters. The second kappa shape index (κ2) is 6.37. The van der Waals surface area contributed by atoms with Crippen LogP contribution >= 0.6 is 0 Å². The molecule has 1 aromatic rings. The third kappa shape index (κ3) is 3.02. The maximum absolute atomic E-state index is 12.4. The van der Waals surface area contributed by atoms with Gasteiger partial charge < -0.3 is 14.2 Å². The maximum Gasteiger partial charge on any atom is 0.227 e. The van der Waals surface area contributed by atoms with Crippen LogP contribution in [0.15, 0.2) is 12.4 Å². The summed E-state index contributed by atoms with van der Waals surface area (Å²) in [7, 11) is 5.70. The number of hydrogen-bond donors (Lipinski definition) is 0. The van der Waals surface area contributed by atoms with E-state index in [9.17, 15) is 4.79 Å². The summed E-state index contributed by atoms with van der Waals surface area (Å²) in [5.74, 6) is 1.08. The number of rotatable bonds is 4. The Bertz CT molecular complexity index is 460. The number of aryl methyl sites for hydroxylation is 1. The summed E-state index contributed by atoms with van der Waals surface area (Å²) in [6.07, 6.45) is 3.75. The smallest absolute Gasteiger partial charge is 0.227 e. The highest BCUT2D eigenvalue weighted by Gasteiger charge is 2.32. The lowest BCUT2D eigenvalue weighted by Crippen LogP contribution is -2.51. The van der Waals surface area contributed by atoms with Crippen molar-refractivity contribution < 1.29 is 9.53 Å². The molecule has 6 heteroatoms. The zero-order chi connectivity index (χ0) is 14.7. The van der Waals surface area contributed by atoms with Crippen molar-refractivity contribution in [3.05, 3.63) is 18.2 Å². The average molecular weight is 280 g/mol. The Morgan fingerprint density at radius 1 is 1.50 bits per heavy atom. The first-order valence-electron chi connectivity index (χ1n) is 6.99. The number of carbonyl (C=O) groups excluding carboxylic acids is 1. The van der Waals surface area contributed by atoms with Gasteiger partial charge in [-0.3, -0.25) is 9.69 Å². The number of imidazole rings is 1. The summed E-state index contributed by atoms with van der Waals surface area (Å²) in [6.45, 7) is 4.71. The highest BCUT2D eigenvalue weighted by Crippen LogP contribution is 2.23. The lowest BCUT2D eigenvalue weighted by molar-refractivity contribution is -0.139. The van der Waals surface area contributed by atoms with E-state index in [2.05, 4.69) is 16.9 Å². The minimum atomic E-state index is -0.0922. The first-order chi connectivity index (χ1) is 9.54. The second-order valence-corrected chi connectivity index (χ2v) is 5.53. The van der Waals surface area contributed by atoms with Crippen molar-refractivity contribution in [2.45, 2.75) is 13.0 Å². The largest absolute Gasteiger partial charge is 0.384 e. The predicted octanol–water partition coefficient (Wildman–Crippen LogP) is 0.518. The van der Waals surface area contributed by atoms with Gasteiger partial charge in [-0.1, -0.05) is 6.92 Å². The molecule has 0 aromatic carbocycles. The average Bonchev–Trinajstić information content (AvgIpc) is 2.85. The summed E-state index contributed by atoms with van der Waals surface area (Å²) in [5, 5.41) is 0. The first kappa shape index (κ1) is 15.0. The summed E-state index contributed by atoms with van der Waals surface area (Å²) in [5.41, 5.74) is 0. The Morgan fingerprint density at radius 2 is 2.25 bits per heavy atom. The highest BCUT2D eigenvalue weighted by molar-refractivity contribution is 5.78. The van der Waals surface area contributed by atoms with Crippen LogP contribution in [0.5, 0.6) is 0 Å². The third-order valence-electron chi connectivity index (χ3n) is 3.95. The highest BCUT2D eigenvalue weighted by atomic mass is 16.5. The molecule has 0 N–H and O–H groups in total. The summed E-state index contributed by atoms with van der Waals surface area (Å²) in [4.78, 5) is 21.0. The molecule has 0 radical (unpaired) electrons. The normalized spacial score (nSPS) is 22.0. The molecule has 1 aromatic heterocycles. The molecule has 0 bridgehead atoms. The first-order valence-corrected chi connectivity index (χ1v) is 6.99. The Morgan fingerprint density at radius 3 is 2.85 bits per heavy atom. The SMILES string of the molecule is COC[C@H](C)C(=O)N1CCN(C)[C@@H](c2nccn2C)C1. The molecule has 0 spiro atoms. The number of amides is 1. The third-order valence-corrected chi connectivity index (χ3v) is 3.95. The fourth-order valence-electron chi connectivity index (χ4n) is 2.68. The zero-order valence-electron chi connectivity index (χ0n) is 12.7. The molecular formula is C14H24N4O2. The number of aromatic nitrogens is 2. The van der Waals surface area contributed by atoms with Gasteiger partial charge in [-0.25, -0.2) is 4.98 Å². The van der Waals surface area contributed by atoms with Crippen LogP contribution in [-0.2, 0) is 16.6 Å². The van der Waals surface area contributed by atoms with E-state index >= 15 is 0 Å². The van der Waals surface area contributed by atoms with Crippen LogP contribution in [0.4, 0.5) is 0 Å². The van der Waals surface area contributed by atoms with Gasteiger partial charge in [0, 0.05) is 46.2 Å². The van der Waals surface area contributed by atoms with Gasteiger partial charge in [0.15, 0.2) is 0 Å². The predicted molar refractivity (Wildman–Crippen MR) is 76.2 cm³/mol. The molecule has 0 saturated carbocycles. The van der Waals surface area contributed by atoms with E-state index in [0.717, 1.165) is 18.9 Å². The van der Waals surface area contributed by atoms with Crippen molar-refractivity contribution in [1.82, 2.24) is 19.4 Å². The number of methoxy groups -OCH3 is 1. The van der Waals surface area contributed by atoms with Gasteiger partial charge in [0.2, 0.25) is 5.91 Å². The summed E-state index contributed by atoms with van der Waals surface area (Å²) in [6, 6.07) is 0.155. The van der Waals surface area contributed by atoms with Gasteiger partial charge in [0.05, 0.1) is 18.6 Å². The van der Waals surface area contributed by atoms with E-state index in [0.29, 0.717) is 13.2 Å². The van der Waals surface area contributed by atoms with Crippen molar-refractivity contribution in [3.63, 3.8) is 0 Å². The minimum Gasteiger partial charge on any atom is -0.384 e. The van der Waals surface area contributed by atoms with Gasteiger partial charge in [-0.15, -0.1) is 0 Å². The molecule has 1 aliphatic heterocycles. The Kier molecular flexibility index (Phi) is 4.77. The van der Waals surface area contributed by atoms with Crippen LogP contribution in [0, 0.1) is 5.92 Å². The Balaban J connectivity index is 2.08. The van der Waals surface area contributed by atoms with Crippen molar-refractivity contribution in [3.8, 4) is 0 Å². The molecule has 1 aliphatic rings. The van der Waals surface area contributed by atoms with E-state index in [1.165, 1.54) is 0 Å². The van der Waals surface area contributed by atoms with E-state index in [1.54, 1.807) is 13.3 Å². The molecule has 2 heterocycles. The summed E-state index contributed by atoms with van der Waals surface area (Å²) >= 11 is 0. The second-order valence-electron chi connectivity index (χ2n) is 5.53. The van der Waals surface area contributed by atoms with Crippen molar-refractivity contribution in [1.29, 1.82) is 0 Å². The molecule has 0 aliphatic carbocycles. The molecular weight excluding hydrogens is 256 g/mol.